The third-order valence-electron chi connectivity index (χ3n) is 2.79. The van der Waals surface area contributed by atoms with Gasteiger partial charge < -0.3 is 0 Å². The van der Waals surface area contributed by atoms with E-state index in [1.54, 1.807) is 31.2 Å². The molecule has 0 fully saturated rings. The molecule has 9 nitrogen and oxygen atoms in total. The molecule has 0 spiro atoms. The van der Waals surface area contributed by atoms with Crippen molar-refractivity contribution in [3.63, 3.8) is 0 Å². The summed E-state index contributed by atoms with van der Waals surface area (Å²) in [4.78, 5) is 0.107. The first-order chi connectivity index (χ1) is 10.1. The van der Waals surface area contributed by atoms with Crippen LogP contribution in [0.15, 0.2) is 41.7 Å². The predicted octanol–water partition coefficient (Wildman–Crippen LogP) is 0.495. The van der Waals surface area contributed by atoms with Crippen molar-refractivity contribution < 1.29 is 8.42 Å². The largest absolute Gasteiger partial charge is 0.281 e. The maximum Gasteiger partial charge on any atom is 0.265 e. The Morgan fingerprint density at radius 1 is 1.33 bits per heavy atom. The van der Waals surface area contributed by atoms with Gasteiger partial charge in [0.25, 0.3) is 10.0 Å². The number of hydrogen-bond acceptors (Lipinski definition) is 6. The van der Waals surface area contributed by atoms with E-state index in [2.05, 4.69) is 30.4 Å². The Morgan fingerprint density at radius 2 is 2.19 bits per heavy atom. The van der Waals surface area contributed by atoms with E-state index in [4.69, 9.17) is 0 Å². The summed E-state index contributed by atoms with van der Waals surface area (Å²) in [6.45, 7) is 1.64. The normalized spacial score (nSPS) is 11.5. The van der Waals surface area contributed by atoms with Gasteiger partial charge >= 0.3 is 0 Å². The van der Waals surface area contributed by atoms with Crippen LogP contribution in [0.3, 0.4) is 0 Å². The first-order valence-corrected chi connectivity index (χ1v) is 7.41. The van der Waals surface area contributed by atoms with Crippen molar-refractivity contribution in [2.75, 3.05) is 4.72 Å². The molecule has 10 heteroatoms. The fraction of sp³-hybridized carbons (Fsp3) is 0.0909. The SMILES string of the molecule is Cc1[nH]ncc1S(=O)(=O)Nc1cccc(-n2cnnn2)c1. The summed E-state index contributed by atoms with van der Waals surface area (Å²) >= 11 is 0. The highest BCUT2D eigenvalue weighted by atomic mass is 32.2. The van der Waals surface area contributed by atoms with Gasteiger partial charge in [-0.1, -0.05) is 6.07 Å². The lowest BCUT2D eigenvalue weighted by Crippen LogP contribution is -2.13. The Morgan fingerprint density at radius 3 is 2.86 bits per heavy atom. The number of aryl methyl sites for hydroxylation is 1. The molecule has 108 valence electrons. The molecule has 1 aromatic carbocycles. The zero-order valence-electron chi connectivity index (χ0n) is 10.9. The van der Waals surface area contributed by atoms with Crippen molar-refractivity contribution in [2.24, 2.45) is 0 Å². The van der Waals surface area contributed by atoms with Crippen LogP contribution in [0, 0.1) is 6.92 Å². The molecule has 21 heavy (non-hydrogen) atoms. The molecule has 3 aromatic rings. The van der Waals surface area contributed by atoms with Crippen LogP contribution in [-0.2, 0) is 10.0 Å². The molecule has 0 unspecified atom stereocenters. The van der Waals surface area contributed by atoms with Crippen LogP contribution in [0.2, 0.25) is 0 Å². The zero-order chi connectivity index (χ0) is 14.9. The van der Waals surface area contributed by atoms with Crippen molar-refractivity contribution in [1.82, 2.24) is 30.4 Å². The van der Waals surface area contributed by atoms with Gasteiger partial charge in [0.05, 0.1) is 23.3 Å². The number of anilines is 1. The maximum absolute atomic E-state index is 12.3. The lowest BCUT2D eigenvalue weighted by molar-refractivity contribution is 0.600. The van der Waals surface area contributed by atoms with Gasteiger partial charge in [0.1, 0.15) is 11.2 Å². The average Bonchev–Trinajstić information content (AvgIpc) is 3.09. The number of H-pyrrole nitrogens is 1. The zero-order valence-corrected chi connectivity index (χ0v) is 11.7. The molecule has 2 heterocycles. The molecule has 0 saturated carbocycles. The summed E-state index contributed by atoms with van der Waals surface area (Å²) in [5.74, 6) is 0. The van der Waals surface area contributed by atoms with Gasteiger partial charge in [0, 0.05) is 0 Å². The summed E-state index contributed by atoms with van der Waals surface area (Å²) in [6, 6.07) is 6.73. The van der Waals surface area contributed by atoms with Crippen molar-refractivity contribution in [1.29, 1.82) is 0 Å². The Bertz CT molecular complexity index is 854. The molecule has 0 amide bonds. The minimum atomic E-state index is -3.69. The Hall–Kier alpha value is -2.75. The van der Waals surface area contributed by atoms with E-state index >= 15 is 0 Å². The summed E-state index contributed by atoms with van der Waals surface area (Å²) in [7, 11) is -3.69. The van der Waals surface area contributed by atoms with Crippen molar-refractivity contribution >= 4 is 15.7 Å². The third kappa shape index (κ3) is 2.60. The highest BCUT2D eigenvalue weighted by Crippen LogP contribution is 2.19. The minimum Gasteiger partial charge on any atom is -0.281 e. The van der Waals surface area contributed by atoms with Crippen molar-refractivity contribution in [3.05, 3.63) is 42.5 Å². The molecule has 2 aromatic heterocycles. The standard InChI is InChI=1S/C11H11N7O2S/c1-8-11(6-12-14-8)21(19,20)15-9-3-2-4-10(5-9)18-7-13-16-17-18/h2-7,15H,1H3,(H,12,14). The van der Waals surface area contributed by atoms with Crippen LogP contribution in [0.1, 0.15) is 5.69 Å². The predicted molar refractivity (Wildman–Crippen MR) is 73.3 cm³/mol. The second kappa shape index (κ2) is 4.98. The molecule has 0 atom stereocenters. The van der Waals surface area contributed by atoms with Crippen LogP contribution in [-0.4, -0.2) is 38.8 Å². The van der Waals surface area contributed by atoms with E-state index in [1.807, 2.05) is 0 Å². The average molecular weight is 305 g/mol. The maximum atomic E-state index is 12.3. The van der Waals surface area contributed by atoms with Gasteiger partial charge in [0.15, 0.2) is 0 Å². The molecule has 0 aliphatic carbocycles. The van der Waals surface area contributed by atoms with E-state index < -0.39 is 10.0 Å². The molecule has 0 radical (unpaired) electrons. The van der Waals surface area contributed by atoms with Gasteiger partial charge in [-0.05, 0) is 35.5 Å². The number of sulfonamides is 1. The smallest absolute Gasteiger partial charge is 0.265 e. The van der Waals surface area contributed by atoms with Crippen molar-refractivity contribution in [3.8, 4) is 5.69 Å². The summed E-state index contributed by atoms with van der Waals surface area (Å²) < 4.78 is 28.5. The van der Waals surface area contributed by atoms with Crippen LogP contribution >= 0.6 is 0 Å². The van der Waals surface area contributed by atoms with Crippen LogP contribution in [0.4, 0.5) is 5.69 Å². The molecule has 3 rings (SSSR count). The van der Waals surface area contributed by atoms with Crippen LogP contribution < -0.4 is 4.72 Å². The molecule has 0 bridgehead atoms. The summed E-state index contributed by atoms with van der Waals surface area (Å²) in [5, 5.41) is 17.1. The van der Waals surface area contributed by atoms with E-state index in [1.165, 1.54) is 17.2 Å². The number of tetrazole rings is 1. The number of nitrogens with zero attached hydrogens (tertiary/aromatic N) is 5. The van der Waals surface area contributed by atoms with Gasteiger partial charge in [-0.25, -0.2) is 13.1 Å². The second-order valence-corrected chi connectivity index (χ2v) is 5.92. The highest BCUT2D eigenvalue weighted by Gasteiger charge is 2.18. The number of aromatic amines is 1. The number of nitrogens with one attached hydrogen (secondary N) is 2. The Balaban J connectivity index is 1.92. The Kier molecular flexibility index (Phi) is 3.14. The molecule has 0 aliphatic rings. The first-order valence-electron chi connectivity index (χ1n) is 5.92. The number of benzene rings is 1. The van der Waals surface area contributed by atoms with E-state index in [-0.39, 0.29) is 4.90 Å². The fourth-order valence-electron chi connectivity index (χ4n) is 1.81. The van der Waals surface area contributed by atoms with E-state index in [0.717, 1.165) is 0 Å². The van der Waals surface area contributed by atoms with Gasteiger partial charge in [-0.15, -0.1) is 5.10 Å². The van der Waals surface area contributed by atoms with Crippen LogP contribution in [0.25, 0.3) is 5.69 Å². The topological polar surface area (TPSA) is 118 Å². The number of aromatic nitrogens is 6. The van der Waals surface area contributed by atoms with Crippen LogP contribution in [0.5, 0.6) is 0 Å². The van der Waals surface area contributed by atoms with E-state index in [9.17, 15) is 8.42 Å². The van der Waals surface area contributed by atoms with Crippen molar-refractivity contribution in [2.45, 2.75) is 11.8 Å². The molecular formula is C11H11N7O2S. The quantitative estimate of drug-likeness (QED) is 0.724. The monoisotopic (exact) mass is 305 g/mol. The van der Waals surface area contributed by atoms with Gasteiger partial charge in [-0.2, -0.15) is 5.10 Å². The van der Waals surface area contributed by atoms with Gasteiger partial charge in [0.2, 0.25) is 0 Å². The number of hydrogen-bond donors (Lipinski definition) is 2. The fourth-order valence-corrected chi connectivity index (χ4v) is 3.00. The molecule has 2 N–H and O–H groups in total. The lowest BCUT2D eigenvalue weighted by atomic mass is 10.3. The molecule has 0 aliphatic heterocycles. The lowest BCUT2D eigenvalue weighted by Gasteiger charge is -2.08. The van der Waals surface area contributed by atoms with Gasteiger partial charge in [-0.3, -0.25) is 9.82 Å². The minimum absolute atomic E-state index is 0.107. The summed E-state index contributed by atoms with van der Waals surface area (Å²) in [5.41, 5.74) is 1.52. The second-order valence-electron chi connectivity index (χ2n) is 4.27. The Labute approximate surface area is 120 Å². The van der Waals surface area contributed by atoms with E-state index in [0.29, 0.717) is 17.1 Å². The summed E-state index contributed by atoms with van der Waals surface area (Å²) in [6.07, 6.45) is 2.69. The number of rotatable bonds is 4. The third-order valence-corrected chi connectivity index (χ3v) is 4.28. The molecular weight excluding hydrogens is 294 g/mol. The molecule has 0 saturated heterocycles. The highest BCUT2D eigenvalue weighted by molar-refractivity contribution is 7.92. The first kappa shape index (κ1) is 13.2.